The maximum Gasteiger partial charge on any atom is 0.248 e. The summed E-state index contributed by atoms with van der Waals surface area (Å²) in [6.45, 7) is 2.44. The first-order chi connectivity index (χ1) is 9.16. The van der Waals surface area contributed by atoms with Crippen LogP contribution in [0, 0.1) is 11.6 Å². The molecule has 0 saturated carbocycles. The number of aromatic nitrogens is 1. The van der Waals surface area contributed by atoms with E-state index in [0.29, 0.717) is 31.6 Å². The minimum Gasteiger partial charge on any atom is -0.364 e. The summed E-state index contributed by atoms with van der Waals surface area (Å²) in [6.07, 6.45) is 0. The first-order valence-corrected chi connectivity index (χ1v) is 6.13. The lowest BCUT2D eigenvalue weighted by Crippen LogP contribution is -2.44. The number of halogens is 2. The fraction of sp³-hybridized carbons (Fsp3) is 0.308. The Hall–Kier alpha value is -1.95. The summed E-state index contributed by atoms with van der Waals surface area (Å²) in [5.41, 5.74) is -0.400. The van der Waals surface area contributed by atoms with Gasteiger partial charge in [0.1, 0.15) is 11.5 Å². The molecule has 1 aliphatic rings. The number of H-pyrrole nitrogens is 1. The highest BCUT2D eigenvalue weighted by atomic mass is 19.1. The van der Waals surface area contributed by atoms with E-state index in [0.717, 1.165) is 0 Å². The number of pyridine rings is 1. The Labute approximate surface area is 108 Å². The number of benzene rings is 1. The summed E-state index contributed by atoms with van der Waals surface area (Å²) in [7, 11) is 0. The zero-order valence-corrected chi connectivity index (χ0v) is 10.2. The van der Waals surface area contributed by atoms with Gasteiger partial charge in [0, 0.05) is 37.6 Å². The van der Waals surface area contributed by atoms with Crippen LogP contribution in [-0.2, 0) is 0 Å². The van der Waals surface area contributed by atoms with Gasteiger partial charge in [-0.25, -0.2) is 8.78 Å². The van der Waals surface area contributed by atoms with Crippen molar-refractivity contribution in [2.75, 3.05) is 31.1 Å². The van der Waals surface area contributed by atoms with Crippen LogP contribution in [-0.4, -0.2) is 31.2 Å². The molecule has 2 N–H and O–H groups in total. The fourth-order valence-electron chi connectivity index (χ4n) is 2.39. The van der Waals surface area contributed by atoms with E-state index in [4.69, 9.17) is 0 Å². The van der Waals surface area contributed by atoms with Crippen LogP contribution in [0.2, 0.25) is 0 Å². The van der Waals surface area contributed by atoms with Crippen molar-refractivity contribution in [1.82, 2.24) is 10.3 Å². The lowest BCUT2D eigenvalue weighted by Gasteiger charge is -2.30. The molecule has 19 heavy (non-hydrogen) atoms. The second-order valence-corrected chi connectivity index (χ2v) is 4.54. The number of aromatic amines is 1. The Morgan fingerprint density at radius 1 is 1.16 bits per heavy atom. The van der Waals surface area contributed by atoms with E-state index in [-0.39, 0.29) is 11.2 Å². The molecule has 3 rings (SSSR count). The fourth-order valence-corrected chi connectivity index (χ4v) is 2.39. The summed E-state index contributed by atoms with van der Waals surface area (Å²) in [5.74, 6) is -1.30. The average molecular weight is 265 g/mol. The number of hydrogen-bond donors (Lipinski definition) is 2. The van der Waals surface area contributed by atoms with Gasteiger partial charge in [-0.3, -0.25) is 4.79 Å². The normalized spacial score (nSPS) is 16.0. The van der Waals surface area contributed by atoms with E-state index in [2.05, 4.69) is 10.3 Å². The Bertz CT molecular complexity index is 677. The largest absolute Gasteiger partial charge is 0.364 e. The highest BCUT2D eigenvalue weighted by Gasteiger charge is 2.21. The molecule has 1 aromatic carbocycles. The second kappa shape index (κ2) is 4.62. The number of anilines is 1. The number of rotatable bonds is 1. The summed E-state index contributed by atoms with van der Waals surface area (Å²) in [4.78, 5) is 15.4. The summed E-state index contributed by atoms with van der Waals surface area (Å²) in [6, 6.07) is 3.93. The molecule has 0 radical (unpaired) electrons. The number of hydrogen-bond acceptors (Lipinski definition) is 3. The molecule has 100 valence electrons. The number of fused-ring (bicyclic) bond motifs is 1. The van der Waals surface area contributed by atoms with Gasteiger partial charge in [0.25, 0.3) is 0 Å². The van der Waals surface area contributed by atoms with Crippen molar-refractivity contribution in [2.45, 2.75) is 0 Å². The van der Waals surface area contributed by atoms with Gasteiger partial charge in [-0.05, 0) is 12.1 Å². The zero-order chi connectivity index (χ0) is 13.4. The molecule has 2 aromatic rings. The minimum absolute atomic E-state index is 0.0578. The van der Waals surface area contributed by atoms with Crippen molar-refractivity contribution in [3.63, 3.8) is 0 Å². The molecule has 0 aliphatic carbocycles. The molecule has 0 spiro atoms. The van der Waals surface area contributed by atoms with Crippen LogP contribution in [0.25, 0.3) is 10.9 Å². The predicted octanol–water partition coefficient (Wildman–Crippen LogP) is 1.22. The van der Waals surface area contributed by atoms with Gasteiger partial charge in [0.15, 0.2) is 5.82 Å². The van der Waals surface area contributed by atoms with Crippen LogP contribution in [0.5, 0.6) is 0 Å². The van der Waals surface area contributed by atoms with Gasteiger partial charge in [0.2, 0.25) is 5.56 Å². The first kappa shape index (κ1) is 12.1. The van der Waals surface area contributed by atoms with Gasteiger partial charge in [0.05, 0.1) is 5.52 Å². The van der Waals surface area contributed by atoms with E-state index < -0.39 is 17.2 Å². The highest BCUT2D eigenvalue weighted by Crippen LogP contribution is 2.29. The van der Waals surface area contributed by atoms with E-state index in [1.54, 1.807) is 4.90 Å². The lowest BCUT2D eigenvalue weighted by molar-refractivity contribution is 0.541. The molecule has 6 heteroatoms. The van der Waals surface area contributed by atoms with Gasteiger partial charge in [-0.2, -0.15) is 0 Å². The number of piperazine rings is 1. The second-order valence-electron chi connectivity index (χ2n) is 4.54. The zero-order valence-electron chi connectivity index (χ0n) is 10.2. The highest BCUT2D eigenvalue weighted by molar-refractivity contribution is 5.83. The van der Waals surface area contributed by atoms with Crippen molar-refractivity contribution in [3.05, 3.63) is 40.2 Å². The third kappa shape index (κ3) is 2.08. The van der Waals surface area contributed by atoms with Gasteiger partial charge < -0.3 is 15.2 Å². The van der Waals surface area contributed by atoms with Crippen molar-refractivity contribution in [1.29, 1.82) is 0 Å². The molecule has 0 atom stereocenters. The molecule has 2 heterocycles. The molecular formula is C13H13F2N3O. The topological polar surface area (TPSA) is 48.1 Å². The van der Waals surface area contributed by atoms with Crippen molar-refractivity contribution >= 4 is 16.6 Å². The summed E-state index contributed by atoms with van der Waals surface area (Å²) < 4.78 is 28.5. The molecule has 4 nitrogen and oxygen atoms in total. The molecule has 0 amide bonds. The van der Waals surface area contributed by atoms with Crippen molar-refractivity contribution < 1.29 is 8.78 Å². The van der Waals surface area contributed by atoms with Gasteiger partial charge in [-0.1, -0.05) is 0 Å². The lowest BCUT2D eigenvalue weighted by atomic mass is 10.1. The van der Waals surface area contributed by atoms with Crippen LogP contribution >= 0.6 is 0 Å². The van der Waals surface area contributed by atoms with Crippen molar-refractivity contribution in [3.8, 4) is 0 Å². The number of nitrogens with one attached hydrogen (secondary N) is 2. The average Bonchev–Trinajstić information content (AvgIpc) is 2.41. The van der Waals surface area contributed by atoms with Gasteiger partial charge in [-0.15, -0.1) is 0 Å². The Balaban J connectivity index is 2.20. The summed E-state index contributed by atoms with van der Waals surface area (Å²) in [5, 5.41) is 3.48. The van der Waals surface area contributed by atoms with E-state index >= 15 is 0 Å². The Morgan fingerprint density at radius 2 is 1.89 bits per heavy atom. The molecule has 1 aliphatic heterocycles. The van der Waals surface area contributed by atoms with Crippen LogP contribution in [0.4, 0.5) is 14.5 Å². The third-order valence-corrected chi connectivity index (χ3v) is 3.32. The molecule has 1 saturated heterocycles. The monoisotopic (exact) mass is 265 g/mol. The molecule has 0 unspecified atom stereocenters. The van der Waals surface area contributed by atoms with E-state index in [1.165, 1.54) is 18.2 Å². The van der Waals surface area contributed by atoms with Crippen LogP contribution in [0.15, 0.2) is 23.0 Å². The van der Waals surface area contributed by atoms with E-state index in [1.807, 2.05) is 0 Å². The molecular weight excluding hydrogens is 252 g/mol. The van der Waals surface area contributed by atoms with Gasteiger partial charge >= 0.3 is 0 Å². The van der Waals surface area contributed by atoms with Crippen LogP contribution < -0.4 is 15.8 Å². The molecule has 0 bridgehead atoms. The minimum atomic E-state index is -0.699. The quantitative estimate of drug-likeness (QED) is 0.815. The SMILES string of the molecule is O=c1ccc2cc(F)c(N3CCNCC3)c(F)c2[nH]1. The molecule has 1 aromatic heterocycles. The molecule has 1 fully saturated rings. The maximum atomic E-state index is 14.4. The Morgan fingerprint density at radius 3 is 2.63 bits per heavy atom. The predicted molar refractivity (Wildman–Crippen MR) is 69.6 cm³/mol. The van der Waals surface area contributed by atoms with E-state index in [9.17, 15) is 13.6 Å². The smallest absolute Gasteiger partial charge is 0.248 e. The summed E-state index contributed by atoms with van der Waals surface area (Å²) >= 11 is 0. The van der Waals surface area contributed by atoms with Crippen LogP contribution in [0.3, 0.4) is 0 Å². The van der Waals surface area contributed by atoms with Crippen molar-refractivity contribution in [2.24, 2.45) is 0 Å². The third-order valence-electron chi connectivity index (χ3n) is 3.32. The van der Waals surface area contributed by atoms with Crippen LogP contribution in [0.1, 0.15) is 0 Å². The Kier molecular flexibility index (Phi) is 2.94. The maximum absolute atomic E-state index is 14.4. The number of nitrogens with zero attached hydrogens (tertiary/aromatic N) is 1. The standard InChI is InChI=1S/C13H13F2N3O/c14-9-7-8-1-2-10(19)17-12(8)11(15)13(9)18-5-3-16-4-6-18/h1-2,7,16H,3-6H2,(H,17,19). The first-order valence-electron chi connectivity index (χ1n) is 6.13.